The van der Waals surface area contributed by atoms with Gasteiger partial charge in [-0.15, -0.1) is 0 Å². The lowest BCUT2D eigenvalue weighted by Crippen LogP contribution is -2.35. The van der Waals surface area contributed by atoms with Crippen molar-refractivity contribution in [3.63, 3.8) is 0 Å². The van der Waals surface area contributed by atoms with Gasteiger partial charge in [0.25, 0.3) is 0 Å². The number of carbonyl (C=O) groups excluding carboxylic acids is 1. The highest BCUT2D eigenvalue weighted by atomic mass is 16.5. The number of Topliss-reactive ketones (excluding diaryl/α,β-unsaturated/α-hetero) is 1. The highest BCUT2D eigenvalue weighted by molar-refractivity contribution is 6.03. The molecule has 0 bridgehead atoms. The summed E-state index contributed by atoms with van der Waals surface area (Å²) in [4.78, 5) is 12.1. The smallest absolute Gasteiger partial charge is 0.183 e. The van der Waals surface area contributed by atoms with Gasteiger partial charge in [0, 0.05) is 5.69 Å². The maximum atomic E-state index is 12.1. The van der Waals surface area contributed by atoms with Crippen molar-refractivity contribution in [3.8, 4) is 5.75 Å². The molecular formula is C12H18N2O2. The number of hydrogen-bond donors (Lipinski definition) is 2. The first-order valence-corrected chi connectivity index (χ1v) is 5.20. The molecule has 1 aromatic carbocycles. The van der Waals surface area contributed by atoms with Crippen molar-refractivity contribution in [2.45, 2.75) is 19.9 Å². The number of ether oxygens (including phenoxy) is 1. The maximum Gasteiger partial charge on any atom is 0.183 e. The summed E-state index contributed by atoms with van der Waals surface area (Å²) in [5.74, 6) is 0.452. The van der Waals surface area contributed by atoms with E-state index in [1.54, 1.807) is 18.2 Å². The molecule has 1 rings (SSSR count). The van der Waals surface area contributed by atoms with Gasteiger partial charge in [0.05, 0.1) is 18.7 Å². The first-order chi connectivity index (χ1) is 7.47. The fourth-order valence-corrected chi connectivity index (χ4v) is 1.40. The van der Waals surface area contributed by atoms with Crippen molar-refractivity contribution in [2.24, 2.45) is 11.7 Å². The number of hydrogen-bond acceptors (Lipinski definition) is 4. The fraction of sp³-hybridized carbons (Fsp3) is 0.417. The van der Waals surface area contributed by atoms with E-state index in [2.05, 4.69) is 0 Å². The Balaban J connectivity index is 3.11. The number of benzene rings is 1. The van der Waals surface area contributed by atoms with Crippen LogP contribution in [0.2, 0.25) is 0 Å². The van der Waals surface area contributed by atoms with Crippen molar-refractivity contribution in [2.75, 3.05) is 12.8 Å². The van der Waals surface area contributed by atoms with Crippen LogP contribution in [-0.2, 0) is 0 Å². The molecule has 4 N–H and O–H groups in total. The SMILES string of the molecule is COc1ccc(N)cc1C(=O)C(N)C(C)C. The Morgan fingerprint density at radius 2 is 2.00 bits per heavy atom. The predicted molar refractivity (Wildman–Crippen MR) is 64.6 cm³/mol. The Hall–Kier alpha value is -1.55. The van der Waals surface area contributed by atoms with Gasteiger partial charge in [-0.1, -0.05) is 13.8 Å². The third-order valence-corrected chi connectivity index (χ3v) is 2.51. The van der Waals surface area contributed by atoms with Gasteiger partial charge in [-0.2, -0.15) is 0 Å². The summed E-state index contributed by atoms with van der Waals surface area (Å²) in [6.07, 6.45) is 0. The Morgan fingerprint density at radius 3 is 2.50 bits per heavy atom. The van der Waals surface area contributed by atoms with E-state index in [1.807, 2.05) is 13.8 Å². The van der Waals surface area contributed by atoms with E-state index in [4.69, 9.17) is 16.2 Å². The molecule has 0 spiro atoms. The minimum absolute atomic E-state index is 0.0821. The van der Waals surface area contributed by atoms with Gasteiger partial charge >= 0.3 is 0 Å². The zero-order valence-electron chi connectivity index (χ0n) is 9.86. The summed E-state index contributed by atoms with van der Waals surface area (Å²) in [7, 11) is 1.52. The zero-order valence-corrected chi connectivity index (χ0v) is 9.86. The van der Waals surface area contributed by atoms with E-state index in [0.717, 1.165) is 0 Å². The average Bonchev–Trinajstić information content (AvgIpc) is 2.26. The Morgan fingerprint density at radius 1 is 1.38 bits per heavy atom. The van der Waals surface area contributed by atoms with Crippen molar-refractivity contribution >= 4 is 11.5 Å². The molecule has 0 aromatic heterocycles. The second-order valence-electron chi connectivity index (χ2n) is 4.09. The Labute approximate surface area is 95.6 Å². The number of carbonyl (C=O) groups is 1. The molecule has 0 saturated heterocycles. The Kier molecular flexibility index (Phi) is 3.90. The molecule has 4 heteroatoms. The molecule has 4 nitrogen and oxygen atoms in total. The molecule has 16 heavy (non-hydrogen) atoms. The summed E-state index contributed by atoms with van der Waals surface area (Å²) >= 11 is 0. The van der Waals surface area contributed by atoms with Crippen LogP contribution in [0.1, 0.15) is 24.2 Å². The van der Waals surface area contributed by atoms with E-state index in [0.29, 0.717) is 17.0 Å². The second kappa shape index (κ2) is 4.99. The lowest BCUT2D eigenvalue weighted by Gasteiger charge is -2.16. The summed E-state index contributed by atoms with van der Waals surface area (Å²) in [6.45, 7) is 3.81. The molecule has 1 unspecified atom stereocenters. The molecule has 1 aromatic rings. The molecule has 1 atom stereocenters. The van der Waals surface area contributed by atoms with Crippen LogP contribution in [0.5, 0.6) is 5.75 Å². The highest BCUT2D eigenvalue weighted by Gasteiger charge is 2.22. The lowest BCUT2D eigenvalue weighted by atomic mass is 9.95. The Bertz CT molecular complexity index is 389. The van der Waals surface area contributed by atoms with E-state index in [1.165, 1.54) is 7.11 Å². The van der Waals surface area contributed by atoms with Gasteiger partial charge < -0.3 is 16.2 Å². The molecule has 0 radical (unpaired) electrons. The first kappa shape index (κ1) is 12.5. The summed E-state index contributed by atoms with van der Waals surface area (Å²) in [5, 5.41) is 0. The molecule has 0 fully saturated rings. The van der Waals surface area contributed by atoms with Crippen LogP contribution in [0.4, 0.5) is 5.69 Å². The third-order valence-electron chi connectivity index (χ3n) is 2.51. The van der Waals surface area contributed by atoms with Gasteiger partial charge in [0.15, 0.2) is 5.78 Å². The standard InChI is InChI=1S/C12H18N2O2/c1-7(2)11(14)12(15)9-6-8(13)4-5-10(9)16-3/h4-7,11H,13-14H2,1-3H3. The largest absolute Gasteiger partial charge is 0.496 e. The second-order valence-corrected chi connectivity index (χ2v) is 4.09. The average molecular weight is 222 g/mol. The molecular weight excluding hydrogens is 204 g/mol. The normalized spacial score (nSPS) is 12.6. The maximum absolute atomic E-state index is 12.1. The van der Waals surface area contributed by atoms with Crippen LogP contribution in [0.3, 0.4) is 0 Å². The number of nitrogen functional groups attached to an aromatic ring is 1. The fourth-order valence-electron chi connectivity index (χ4n) is 1.40. The van der Waals surface area contributed by atoms with E-state index < -0.39 is 6.04 Å². The van der Waals surface area contributed by atoms with Crippen LogP contribution in [0, 0.1) is 5.92 Å². The summed E-state index contributed by atoms with van der Waals surface area (Å²) in [5.41, 5.74) is 12.4. The van der Waals surface area contributed by atoms with Crippen LogP contribution in [-0.4, -0.2) is 18.9 Å². The van der Waals surface area contributed by atoms with Crippen molar-refractivity contribution in [3.05, 3.63) is 23.8 Å². The first-order valence-electron chi connectivity index (χ1n) is 5.20. The monoisotopic (exact) mass is 222 g/mol. The summed E-state index contributed by atoms with van der Waals surface area (Å²) < 4.78 is 5.12. The molecule has 0 aliphatic heterocycles. The van der Waals surface area contributed by atoms with Gasteiger partial charge in [0.2, 0.25) is 0 Å². The van der Waals surface area contributed by atoms with E-state index >= 15 is 0 Å². The number of nitrogens with two attached hydrogens (primary N) is 2. The molecule has 0 aliphatic carbocycles. The molecule has 88 valence electrons. The van der Waals surface area contributed by atoms with Crippen molar-refractivity contribution in [1.82, 2.24) is 0 Å². The van der Waals surface area contributed by atoms with Gasteiger partial charge in [0.1, 0.15) is 5.75 Å². The molecule has 0 aliphatic rings. The molecule has 0 amide bonds. The quantitative estimate of drug-likeness (QED) is 0.597. The van der Waals surface area contributed by atoms with Crippen molar-refractivity contribution < 1.29 is 9.53 Å². The van der Waals surface area contributed by atoms with Crippen LogP contribution in [0.25, 0.3) is 0 Å². The van der Waals surface area contributed by atoms with Gasteiger partial charge in [-0.3, -0.25) is 4.79 Å². The van der Waals surface area contributed by atoms with Gasteiger partial charge in [-0.25, -0.2) is 0 Å². The lowest BCUT2D eigenvalue weighted by molar-refractivity contribution is 0.0937. The van der Waals surface area contributed by atoms with E-state index in [-0.39, 0.29) is 11.7 Å². The topological polar surface area (TPSA) is 78.3 Å². The molecule has 0 saturated carbocycles. The minimum Gasteiger partial charge on any atom is -0.496 e. The van der Waals surface area contributed by atoms with Crippen LogP contribution >= 0.6 is 0 Å². The number of anilines is 1. The summed E-state index contributed by atoms with van der Waals surface area (Å²) in [6, 6.07) is 4.44. The predicted octanol–water partition coefficient (Wildman–Crippen LogP) is 1.44. The molecule has 0 heterocycles. The van der Waals surface area contributed by atoms with Crippen LogP contribution < -0.4 is 16.2 Å². The van der Waals surface area contributed by atoms with Gasteiger partial charge in [-0.05, 0) is 24.1 Å². The van der Waals surface area contributed by atoms with E-state index in [9.17, 15) is 4.79 Å². The zero-order chi connectivity index (χ0) is 12.3. The number of ketones is 1. The highest BCUT2D eigenvalue weighted by Crippen LogP contribution is 2.23. The third kappa shape index (κ3) is 2.52. The number of rotatable bonds is 4. The minimum atomic E-state index is -0.532. The number of methoxy groups -OCH3 is 1. The van der Waals surface area contributed by atoms with Crippen molar-refractivity contribution in [1.29, 1.82) is 0 Å². The van der Waals surface area contributed by atoms with Crippen LogP contribution in [0.15, 0.2) is 18.2 Å².